The molecule has 146 valence electrons. The lowest BCUT2D eigenvalue weighted by molar-refractivity contribution is -0.139. The van der Waals surface area contributed by atoms with E-state index in [4.69, 9.17) is 11.6 Å². The summed E-state index contributed by atoms with van der Waals surface area (Å²) < 4.78 is 4.44. The van der Waals surface area contributed by atoms with Gasteiger partial charge in [-0.05, 0) is 48.5 Å². The van der Waals surface area contributed by atoms with E-state index in [-0.39, 0.29) is 31.1 Å². The van der Waals surface area contributed by atoms with Crippen LogP contribution in [0, 0.1) is 0 Å². The Morgan fingerprint density at radius 3 is 2.11 bits per heavy atom. The van der Waals surface area contributed by atoms with Gasteiger partial charge in [0, 0.05) is 34.7 Å². The molecule has 8 heteroatoms. The number of hydrogen-bond acceptors (Lipinski definition) is 5. The summed E-state index contributed by atoms with van der Waals surface area (Å²) in [7, 11) is 1.23. The number of Topliss-reactive ketones (excluding diaryl/α,β-unsaturated/α-hetero) is 1. The number of hydrogen-bond donors (Lipinski definition) is 2. The Labute approximate surface area is 167 Å². The summed E-state index contributed by atoms with van der Waals surface area (Å²) in [5.74, 6) is -1.45. The van der Waals surface area contributed by atoms with Crippen LogP contribution in [0.2, 0.25) is 5.02 Å². The van der Waals surface area contributed by atoms with E-state index in [1.54, 1.807) is 36.4 Å². The molecular weight excluding hydrogens is 384 g/mol. The number of benzene rings is 2. The highest BCUT2D eigenvalue weighted by Crippen LogP contribution is 2.13. The second kappa shape index (κ2) is 10.2. The van der Waals surface area contributed by atoms with Crippen LogP contribution in [0.15, 0.2) is 48.5 Å². The van der Waals surface area contributed by atoms with Gasteiger partial charge < -0.3 is 15.4 Å². The fourth-order valence-electron chi connectivity index (χ4n) is 2.26. The quantitative estimate of drug-likeness (QED) is 0.522. The van der Waals surface area contributed by atoms with Gasteiger partial charge in [-0.15, -0.1) is 0 Å². The first kappa shape index (κ1) is 21.1. The number of halogens is 1. The predicted octanol–water partition coefficient (Wildman–Crippen LogP) is 2.84. The molecule has 0 radical (unpaired) electrons. The van der Waals surface area contributed by atoms with Crippen LogP contribution >= 0.6 is 11.6 Å². The van der Waals surface area contributed by atoms with Gasteiger partial charge in [0.1, 0.15) is 6.54 Å². The topological polar surface area (TPSA) is 102 Å². The molecule has 0 spiro atoms. The van der Waals surface area contributed by atoms with E-state index in [1.165, 1.54) is 19.2 Å². The van der Waals surface area contributed by atoms with Gasteiger partial charge in [-0.2, -0.15) is 0 Å². The minimum absolute atomic E-state index is 0.0306. The van der Waals surface area contributed by atoms with E-state index < -0.39 is 11.9 Å². The maximum absolute atomic E-state index is 12.1. The first-order valence-electron chi connectivity index (χ1n) is 8.42. The smallest absolute Gasteiger partial charge is 0.325 e. The van der Waals surface area contributed by atoms with Crippen molar-refractivity contribution in [3.8, 4) is 0 Å². The number of nitrogens with one attached hydrogen (secondary N) is 2. The standard InChI is InChI=1S/C20H19ClN2O5/c1-28-19(26)12-22-20(27)14-4-8-16(9-5-14)23-18(25)11-10-17(24)13-2-6-15(21)7-3-13/h2-9H,10-12H2,1H3,(H,22,27)(H,23,25). The van der Waals surface area contributed by atoms with Crippen molar-refractivity contribution in [1.29, 1.82) is 0 Å². The molecule has 0 heterocycles. The highest BCUT2D eigenvalue weighted by molar-refractivity contribution is 6.30. The maximum Gasteiger partial charge on any atom is 0.325 e. The Bertz CT molecular complexity index is 863. The molecule has 0 saturated carbocycles. The zero-order valence-electron chi connectivity index (χ0n) is 15.2. The lowest BCUT2D eigenvalue weighted by Gasteiger charge is -2.07. The number of carbonyl (C=O) groups is 4. The fraction of sp³-hybridized carbons (Fsp3) is 0.200. The average Bonchev–Trinajstić information content (AvgIpc) is 2.71. The monoisotopic (exact) mass is 402 g/mol. The number of esters is 1. The summed E-state index contributed by atoms with van der Waals surface area (Å²) in [5, 5.41) is 5.62. The predicted molar refractivity (Wildman–Crippen MR) is 104 cm³/mol. The van der Waals surface area contributed by atoms with Gasteiger partial charge in [0.2, 0.25) is 5.91 Å². The molecule has 2 rings (SSSR count). The van der Waals surface area contributed by atoms with Crippen LogP contribution in [0.25, 0.3) is 0 Å². The highest BCUT2D eigenvalue weighted by atomic mass is 35.5. The van der Waals surface area contributed by atoms with Crippen molar-refractivity contribution in [2.75, 3.05) is 19.0 Å². The molecule has 0 aliphatic rings. The summed E-state index contributed by atoms with van der Waals surface area (Å²) in [6, 6.07) is 12.6. The average molecular weight is 403 g/mol. The van der Waals surface area contributed by atoms with E-state index in [0.717, 1.165) is 0 Å². The number of methoxy groups -OCH3 is 1. The van der Waals surface area contributed by atoms with E-state index in [0.29, 0.717) is 21.8 Å². The van der Waals surface area contributed by atoms with Gasteiger partial charge in [0.15, 0.2) is 5.78 Å². The van der Waals surface area contributed by atoms with E-state index in [9.17, 15) is 19.2 Å². The van der Waals surface area contributed by atoms with Crippen LogP contribution in [0.1, 0.15) is 33.6 Å². The molecule has 2 aromatic rings. The van der Waals surface area contributed by atoms with Gasteiger partial charge in [0.25, 0.3) is 5.91 Å². The number of rotatable bonds is 8. The molecule has 0 bridgehead atoms. The molecule has 0 fully saturated rings. The van der Waals surface area contributed by atoms with Crippen LogP contribution in [0.3, 0.4) is 0 Å². The van der Waals surface area contributed by atoms with Gasteiger partial charge in [-0.25, -0.2) is 0 Å². The Kier molecular flexibility index (Phi) is 7.71. The van der Waals surface area contributed by atoms with Gasteiger partial charge >= 0.3 is 5.97 Å². The molecule has 0 aliphatic heterocycles. The first-order chi connectivity index (χ1) is 13.4. The first-order valence-corrected chi connectivity index (χ1v) is 8.80. The maximum atomic E-state index is 12.1. The molecule has 7 nitrogen and oxygen atoms in total. The number of anilines is 1. The van der Waals surface area contributed by atoms with Crippen LogP contribution < -0.4 is 10.6 Å². The van der Waals surface area contributed by atoms with Crippen molar-refractivity contribution in [3.05, 3.63) is 64.7 Å². The van der Waals surface area contributed by atoms with Crippen molar-refractivity contribution in [3.63, 3.8) is 0 Å². The Balaban J connectivity index is 1.82. The lowest BCUT2D eigenvalue weighted by Crippen LogP contribution is -2.30. The zero-order valence-corrected chi connectivity index (χ0v) is 15.9. The summed E-state index contributed by atoms with van der Waals surface area (Å²) in [4.78, 5) is 47.0. The number of ketones is 1. The van der Waals surface area contributed by atoms with Crippen molar-refractivity contribution in [2.24, 2.45) is 0 Å². The molecule has 2 amide bonds. The fourth-order valence-corrected chi connectivity index (χ4v) is 2.39. The van der Waals surface area contributed by atoms with Crippen molar-refractivity contribution < 1.29 is 23.9 Å². The summed E-state index contributed by atoms with van der Waals surface area (Å²) in [6.45, 7) is -0.227. The molecule has 0 aromatic heterocycles. The molecule has 0 atom stereocenters. The summed E-state index contributed by atoms with van der Waals surface area (Å²) in [6.07, 6.45) is 0.101. The minimum atomic E-state index is -0.551. The third-order valence-corrected chi connectivity index (χ3v) is 4.05. The molecule has 2 aromatic carbocycles. The van der Waals surface area contributed by atoms with Gasteiger partial charge in [-0.1, -0.05) is 11.6 Å². The van der Waals surface area contributed by atoms with E-state index >= 15 is 0 Å². The summed E-state index contributed by atoms with van der Waals surface area (Å²) >= 11 is 5.78. The van der Waals surface area contributed by atoms with Crippen LogP contribution in [0.4, 0.5) is 5.69 Å². The molecule has 2 N–H and O–H groups in total. The zero-order chi connectivity index (χ0) is 20.5. The van der Waals surface area contributed by atoms with Crippen LogP contribution in [0.5, 0.6) is 0 Å². The Morgan fingerprint density at radius 2 is 1.50 bits per heavy atom. The largest absolute Gasteiger partial charge is 0.468 e. The van der Waals surface area contributed by atoms with Crippen molar-refractivity contribution >= 4 is 40.9 Å². The number of ether oxygens (including phenoxy) is 1. The van der Waals surface area contributed by atoms with Gasteiger partial charge in [0.05, 0.1) is 7.11 Å². The molecule has 0 aliphatic carbocycles. The number of carbonyl (C=O) groups excluding carboxylic acids is 4. The Hall–Kier alpha value is -3.19. The Morgan fingerprint density at radius 1 is 0.893 bits per heavy atom. The van der Waals surface area contributed by atoms with Crippen LogP contribution in [-0.2, 0) is 14.3 Å². The lowest BCUT2D eigenvalue weighted by atomic mass is 10.1. The minimum Gasteiger partial charge on any atom is -0.468 e. The third-order valence-electron chi connectivity index (χ3n) is 3.80. The highest BCUT2D eigenvalue weighted by Gasteiger charge is 2.11. The second-order valence-electron chi connectivity index (χ2n) is 5.81. The molecule has 28 heavy (non-hydrogen) atoms. The SMILES string of the molecule is COC(=O)CNC(=O)c1ccc(NC(=O)CCC(=O)c2ccc(Cl)cc2)cc1. The molecular formula is C20H19ClN2O5. The molecule has 0 unspecified atom stereocenters. The third kappa shape index (κ3) is 6.51. The van der Waals surface area contributed by atoms with Crippen LogP contribution in [-0.4, -0.2) is 37.2 Å². The van der Waals surface area contributed by atoms with Crippen molar-refractivity contribution in [1.82, 2.24) is 5.32 Å². The van der Waals surface area contributed by atoms with E-state index in [2.05, 4.69) is 15.4 Å². The van der Waals surface area contributed by atoms with Gasteiger partial charge in [-0.3, -0.25) is 19.2 Å². The normalized spacial score (nSPS) is 10.1. The summed E-state index contributed by atoms with van der Waals surface area (Å²) in [5.41, 5.74) is 1.33. The molecule has 0 saturated heterocycles. The van der Waals surface area contributed by atoms with Crippen molar-refractivity contribution in [2.45, 2.75) is 12.8 Å². The number of amides is 2. The van der Waals surface area contributed by atoms with E-state index in [1.807, 2.05) is 0 Å². The second-order valence-corrected chi connectivity index (χ2v) is 6.25.